The zero-order valence-corrected chi connectivity index (χ0v) is 10.3. The molecule has 0 saturated carbocycles. The fraction of sp³-hybridized carbons (Fsp3) is 0.125. The lowest BCUT2D eigenvalue weighted by molar-refractivity contribution is 0.291. The van der Waals surface area contributed by atoms with Crippen molar-refractivity contribution in [2.75, 3.05) is 12.1 Å². The largest absolute Gasteiger partial charge is 0.475 e. The Morgan fingerprint density at radius 2 is 2.17 bits per heavy atom. The van der Waals surface area contributed by atoms with E-state index in [0.717, 1.165) is 17.4 Å². The molecular formula is C8H7F2N2O4PS. The van der Waals surface area contributed by atoms with Gasteiger partial charge in [-0.15, -0.1) is 0 Å². The minimum atomic E-state index is -4.50. The van der Waals surface area contributed by atoms with Crippen molar-refractivity contribution in [1.29, 1.82) is 0 Å². The molecule has 0 radical (unpaired) electrons. The molecule has 1 aromatic heterocycles. The van der Waals surface area contributed by atoms with Gasteiger partial charge in [-0.05, 0) is 6.07 Å². The number of fused-ring (bicyclic) bond motifs is 1. The van der Waals surface area contributed by atoms with Gasteiger partial charge in [0.05, 0.1) is 4.70 Å². The molecule has 0 bridgehead atoms. The van der Waals surface area contributed by atoms with E-state index in [1.165, 1.54) is 0 Å². The zero-order chi connectivity index (χ0) is 13.5. The fourth-order valence-electron chi connectivity index (χ4n) is 1.28. The third kappa shape index (κ3) is 2.59. The maximum absolute atomic E-state index is 13.5. The van der Waals surface area contributed by atoms with Crippen LogP contribution in [-0.2, 0) is 4.57 Å². The van der Waals surface area contributed by atoms with E-state index in [2.05, 4.69) is 9.72 Å². The summed E-state index contributed by atoms with van der Waals surface area (Å²) in [5, 5.41) is 0.0658. The molecule has 0 unspecified atom stereocenters. The lowest BCUT2D eigenvalue weighted by atomic mass is 10.3. The Kier molecular flexibility index (Phi) is 3.24. The standard InChI is InChI=1S/C8H7F2N2O4PS/c9-3-1-4-6(12-8(11)18-4)7(5(3)10)16-2-17(13,14)15/h1H,2H2,(H2,11,12)(H2,13,14,15). The van der Waals surface area contributed by atoms with Crippen LogP contribution in [0.3, 0.4) is 0 Å². The molecule has 0 atom stereocenters. The molecule has 18 heavy (non-hydrogen) atoms. The SMILES string of the molecule is Nc1nc2c(OCP(=O)(O)O)c(F)c(F)cc2s1. The lowest BCUT2D eigenvalue weighted by Crippen LogP contribution is -2.02. The number of rotatable bonds is 3. The molecule has 0 saturated heterocycles. The topological polar surface area (TPSA) is 106 Å². The number of ether oxygens (including phenoxy) is 1. The molecule has 4 N–H and O–H groups in total. The van der Waals surface area contributed by atoms with E-state index in [4.69, 9.17) is 15.5 Å². The van der Waals surface area contributed by atoms with Crippen LogP contribution in [0.25, 0.3) is 10.2 Å². The van der Waals surface area contributed by atoms with Crippen LogP contribution in [0.5, 0.6) is 5.75 Å². The average Bonchev–Trinajstić information content (AvgIpc) is 2.57. The molecule has 2 rings (SSSR count). The Balaban J connectivity index is 2.52. The fourth-order valence-corrected chi connectivity index (χ4v) is 2.34. The van der Waals surface area contributed by atoms with Crippen molar-refractivity contribution in [2.24, 2.45) is 0 Å². The van der Waals surface area contributed by atoms with Crippen LogP contribution in [0.4, 0.5) is 13.9 Å². The molecule has 1 aromatic carbocycles. The number of anilines is 1. The third-order valence-corrected chi connectivity index (χ3v) is 3.23. The van der Waals surface area contributed by atoms with Gasteiger partial charge in [-0.25, -0.2) is 9.37 Å². The Morgan fingerprint density at radius 3 is 2.78 bits per heavy atom. The van der Waals surface area contributed by atoms with Gasteiger partial charge in [0.25, 0.3) is 0 Å². The molecule has 0 aliphatic heterocycles. The van der Waals surface area contributed by atoms with Crippen LogP contribution in [0.1, 0.15) is 0 Å². The monoisotopic (exact) mass is 296 g/mol. The highest BCUT2D eigenvalue weighted by molar-refractivity contribution is 7.51. The summed E-state index contributed by atoms with van der Waals surface area (Å²) in [6, 6.07) is 0.892. The van der Waals surface area contributed by atoms with E-state index in [1.807, 2.05) is 0 Å². The van der Waals surface area contributed by atoms with Crippen molar-refractivity contribution >= 4 is 34.3 Å². The van der Waals surface area contributed by atoms with Crippen LogP contribution in [0.2, 0.25) is 0 Å². The summed E-state index contributed by atoms with van der Waals surface area (Å²) in [6.45, 7) is 0. The number of benzene rings is 1. The minimum Gasteiger partial charge on any atom is -0.475 e. The number of hydrogen-bond acceptors (Lipinski definition) is 5. The number of thiazole rings is 1. The van der Waals surface area contributed by atoms with Crippen molar-refractivity contribution in [2.45, 2.75) is 0 Å². The third-order valence-electron chi connectivity index (χ3n) is 1.93. The molecule has 98 valence electrons. The molecule has 0 fully saturated rings. The highest BCUT2D eigenvalue weighted by Crippen LogP contribution is 2.39. The summed E-state index contributed by atoms with van der Waals surface area (Å²) in [5.74, 6) is -3.21. The van der Waals surface area contributed by atoms with Gasteiger partial charge < -0.3 is 20.3 Å². The lowest BCUT2D eigenvalue weighted by Gasteiger charge is -2.09. The summed E-state index contributed by atoms with van der Waals surface area (Å²) in [7, 11) is -4.50. The molecule has 2 aromatic rings. The first-order valence-corrected chi connectivity index (χ1v) is 7.11. The van der Waals surface area contributed by atoms with Gasteiger partial charge >= 0.3 is 7.60 Å². The predicted molar refractivity (Wildman–Crippen MR) is 61.5 cm³/mol. The summed E-state index contributed by atoms with van der Waals surface area (Å²) in [6.07, 6.45) is -1.07. The van der Waals surface area contributed by atoms with Crippen molar-refractivity contribution in [3.63, 3.8) is 0 Å². The number of hydrogen-bond donors (Lipinski definition) is 3. The molecule has 0 spiro atoms. The molecule has 0 aliphatic rings. The second-order valence-corrected chi connectivity index (χ2v) is 5.99. The van der Waals surface area contributed by atoms with Crippen LogP contribution in [-0.4, -0.2) is 21.1 Å². The Morgan fingerprint density at radius 1 is 1.50 bits per heavy atom. The van der Waals surface area contributed by atoms with E-state index in [-0.39, 0.29) is 15.3 Å². The Hall–Kier alpha value is -1.28. The van der Waals surface area contributed by atoms with Gasteiger partial charge in [-0.1, -0.05) is 11.3 Å². The van der Waals surface area contributed by atoms with Crippen molar-refractivity contribution in [1.82, 2.24) is 4.98 Å². The predicted octanol–water partition coefficient (Wildman–Crippen LogP) is 1.67. The normalized spacial score (nSPS) is 12.0. The van der Waals surface area contributed by atoms with Crippen LogP contribution in [0, 0.1) is 11.6 Å². The number of nitrogens with two attached hydrogens (primary N) is 1. The van der Waals surface area contributed by atoms with E-state index in [1.54, 1.807) is 0 Å². The summed E-state index contributed by atoms with van der Waals surface area (Å²) < 4.78 is 42.2. The molecule has 0 aliphatic carbocycles. The average molecular weight is 296 g/mol. The first-order valence-electron chi connectivity index (χ1n) is 4.49. The van der Waals surface area contributed by atoms with Crippen LogP contribution in [0.15, 0.2) is 6.07 Å². The molecular weight excluding hydrogens is 289 g/mol. The maximum Gasteiger partial charge on any atom is 0.362 e. The Labute approximate surface area is 103 Å². The van der Waals surface area contributed by atoms with Gasteiger partial charge in [0.1, 0.15) is 5.52 Å². The quantitative estimate of drug-likeness (QED) is 0.744. The first-order chi connectivity index (χ1) is 8.28. The van der Waals surface area contributed by atoms with Gasteiger partial charge in [0.2, 0.25) is 5.82 Å². The summed E-state index contributed by atoms with van der Waals surface area (Å²) in [4.78, 5) is 21.0. The number of nitrogen functional groups attached to an aromatic ring is 1. The smallest absolute Gasteiger partial charge is 0.362 e. The zero-order valence-electron chi connectivity index (χ0n) is 8.63. The van der Waals surface area contributed by atoms with Gasteiger partial charge in [-0.2, -0.15) is 4.39 Å². The Bertz CT molecular complexity index is 656. The highest BCUT2D eigenvalue weighted by Gasteiger charge is 2.22. The molecule has 1 heterocycles. The van der Waals surface area contributed by atoms with E-state index in [0.29, 0.717) is 0 Å². The van der Waals surface area contributed by atoms with E-state index < -0.39 is 31.3 Å². The molecule has 6 nitrogen and oxygen atoms in total. The van der Waals surface area contributed by atoms with Crippen molar-refractivity contribution in [3.05, 3.63) is 17.7 Å². The number of aromatic nitrogens is 1. The first kappa shape index (κ1) is 13.2. The molecule has 10 heteroatoms. The minimum absolute atomic E-state index is 0.0650. The van der Waals surface area contributed by atoms with Crippen molar-refractivity contribution < 1.29 is 27.9 Å². The van der Waals surface area contributed by atoms with Gasteiger partial charge in [0, 0.05) is 0 Å². The summed E-state index contributed by atoms with van der Waals surface area (Å²) in [5.41, 5.74) is 5.33. The number of halogens is 2. The van der Waals surface area contributed by atoms with Gasteiger partial charge in [0.15, 0.2) is 23.0 Å². The molecule has 0 amide bonds. The van der Waals surface area contributed by atoms with Crippen molar-refractivity contribution in [3.8, 4) is 5.75 Å². The van der Waals surface area contributed by atoms with Gasteiger partial charge in [-0.3, -0.25) is 4.57 Å². The maximum atomic E-state index is 13.5. The summed E-state index contributed by atoms with van der Waals surface area (Å²) >= 11 is 0.908. The second kappa shape index (κ2) is 4.43. The highest BCUT2D eigenvalue weighted by atomic mass is 32.1. The second-order valence-electron chi connectivity index (χ2n) is 3.34. The van der Waals surface area contributed by atoms with E-state index >= 15 is 0 Å². The van der Waals surface area contributed by atoms with E-state index in [9.17, 15) is 13.3 Å². The van der Waals surface area contributed by atoms with Crippen LogP contribution >= 0.6 is 18.9 Å². The van der Waals surface area contributed by atoms with Crippen LogP contribution < -0.4 is 10.5 Å². The number of nitrogens with zero attached hydrogens (tertiary/aromatic N) is 1.